The van der Waals surface area contributed by atoms with E-state index in [9.17, 15) is 0 Å². The van der Waals surface area contributed by atoms with E-state index in [1.807, 2.05) is 31.3 Å². The molecule has 21 heavy (non-hydrogen) atoms. The van der Waals surface area contributed by atoms with Gasteiger partial charge >= 0.3 is 0 Å². The molecule has 1 unspecified atom stereocenters. The van der Waals surface area contributed by atoms with Gasteiger partial charge in [0, 0.05) is 18.0 Å². The van der Waals surface area contributed by atoms with Gasteiger partial charge in [0.05, 0.1) is 13.2 Å². The van der Waals surface area contributed by atoms with Crippen LogP contribution in [0, 0.1) is 0 Å². The summed E-state index contributed by atoms with van der Waals surface area (Å²) in [4.78, 5) is 0. The number of para-hydroxylation sites is 1. The van der Waals surface area contributed by atoms with Crippen LogP contribution in [0.15, 0.2) is 48.5 Å². The summed E-state index contributed by atoms with van der Waals surface area (Å²) in [6.07, 6.45) is 1.01. The van der Waals surface area contributed by atoms with Crippen molar-refractivity contribution in [1.82, 2.24) is 5.32 Å². The highest BCUT2D eigenvalue weighted by molar-refractivity contribution is 5.38. The van der Waals surface area contributed by atoms with Gasteiger partial charge in [0.1, 0.15) is 11.5 Å². The zero-order chi connectivity index (χ0) is 14.5. The van der Waals surface area contributed by atoms with Gasteiger partial charge in [0.2, 0.25) is 0 Å². The normalized spacial score (nSPS) is 16.9. The molecule has 0 saturated heterocycles. The molecule has 2 aromatic carbocycles. The average Bonchev–Trinajstić information content (AvgIpc) is 2.54. The van der Waals surface area contributed by atoms with Gasteiger partial charge in [0.15, 0.2) is 0 Å². The average molecular weight is 283 g/mol. The lowest BCUT2D eigenvalue weighted by atomic mass is 9.94. The van der Waals surface area contributed by atoms with Crippen LogP contribution in [0.1, 0.15) is 23.5 Å². The fourth-order valence-electron chi connectivity index (χ4n) is 2.69. The molecule has 0 fully saturated rings. The van der Waals surface area contributed by atoms with E-state index in [2.05, 4.69) is 29.6 Å². The summed E-state index contributed by atoms with van der Waals surface area (Å²) in [5.74, 6) is 2.34. The Morgan fingerprint density at radius 3 is 2.76 bits per heavy atom. The van der Waals surface area contributed by atoms with Crippen molar-refractivity contribution in [1.29, 1.82) is 0 Å². The Balaban J connectivity index is 1.63. The third-order valence-electron chi connectivity index (χ3n) is 3.84. The Morgan fingerprint density at radius 1 is 1.14 bits per heavy atom. The summed E-state index contributed by atoms with van der Waals surface area (Å²) in [5.41, 5.74) is 2.52. The highest BCUT2D eigenvalue weighted by Gasteiger charge is 2.21. The predicted molar refractivity (Wildman–Crippen MR) is 84.0 cm³/mol. The minimum absolute atomic E-state index is 0.409. The van der Waals surface area contributed by atoms with E-state index in [4.69, 9.17) is 9.47 Å². The van der Waals surface area contributed by atoms with Gasteiger partial charge in [0.25, 0.3) is 0 Å². The highest BCUT2D eigenvalue weighted by Crippen LogP contribution is 2.33. The second kappa shape index (κ2) is 6.64. The van der Waals surface area contributed by atoms with Gasteiger partial charge in [-0.2, -0.15) is 0 Å². The van der Waals surface area contributed by atoms with Crippen LogP contribution in [0.4, 0.5) is 0 Å². The van der Waals surface area contributed by atoms with Crippen molar-refractivity contribution in [2.45, 2.75) is 18.9 Å². The van der Waals surface area contributed by atoms with Crippen LogP contribution in [0.5, 0.6) is 11.5 Å². The van der Waals surface area contributed by atoms with Crippen molar-refractivity contribution in [3.63, 3.8) is 0 Å². The molecule has 0 amide bonds. The summed E-state index contributed by atoms with van der Waals surface area (Å²) in [7, 11) is 1.95. The first-order chi connectivity index (χ1) is 10.4. The molecule has 1 aliphatic rings. The van der Waals surface area contributed by atoms with E-state index in [0.29, 0.717) is 12.5 Å². The van der Waals surface area contributed by atoms with Crippen molar-refractivity contribution in [3.05, 3.63) is 59.7 Å². The standard InChI is InChI=1S/C18H21NO2/c1-19-12-14-6-8-16(9-7-14)21-13-15-10-11-20-18-5-3-2-4-17(15)18/h2-9,15,19H,10-13H2,1H3. The molecule has 3 heteroatoms. The summed E-state index contributed by atoms with van der Waals surface area (Å²) in [5, 5.41) is 3.14. The van der Waals surface area contributed by atoms with E-state index >= 15 is 0 Å². The SMILES string of the molecule is CNCc1ccc(OCC2CCOc3ccccc32)cc1. The van der Waals surface area contributed by atoms with E-state index < -0.39 is 0 Å². The van der Waals surface area contributed by atoms with Crippen LogP contribution in [-0.4, -0.2) is 20.3 Å². The van der Waals surface area contributed by atoms with Gasteiger partial charge in [-0.15, -0.1) is 0 Å². The van der Waals surface area contributed by atoms with Gasteiger partial charge < -0.3 is 14.8 Å². The first-order valence-corrected chi connectivity index (χ1v) is 7.45. The fourth-order valence-corrected chi connectivity index (χ4v) is 2.69. The molecule has 1 N–H and O–H groups in total. The minimum Gasteiger partial charge on any atom is -0.493 e. The molecule has 1 aliphatic heterocycles. The third-order valence-corrected chi connectivity index (χ3v) is 3.84. The summed E-state index contributed by atoms with van der Waals surface area (Å²) in [6, 6.07) is 16.5. The lowest BCUT2D eigenvalue weighted by Gasteiger charge is -2.25. The minimum atomic E-state index is 0.409. The number of ether oxygens (including phenoxy) is 2. The maximum Gasteiger partial charge on any atom is 0.122 e. The van der Waals surface area contributed by atoms with Crippen LogP contribution in [0.25, 0.3) is 0 Å². The van der Waals surface area contributed by atoms with Crippen LogP contribution in [0.3, 0.4) is 0 Å². The first kappa shape index (κ1) is 14.0. The zero-order valence-corrected chi connectivity index (χ0v) is 12.3. The van der Waals surface area contributed by atoms with E-state index in [0.717, 1.165) is 31.1 Å². The molecule has 0 bridgehead atoms. The van der Waals surface area contributed by atoms with Crippen molar-refractivity contribution < 1.29 is 9.47 Å². The molecule has 3 rings (SSSR count). The van der Waals surface area contributed by atoms with Gasteiger partial charge in [-0.1, -0.05) is 30.3 Å². The molecule has 0 saturated carbocycles. The summed E-state index contributed by atoms with van der Waals surface area (Å²) < 4.78 is 11.6. The maximum atomic E-state index is 5.96. The third kappa shape index (κ3) is 3.37. The van der Waals surface area contributed by atoms with E-state index in [1.54, 1.807) is 0 Å². The number of hydrogen-bond acceptors (Lipinski definition) is 3. The lowest BCUT2D eigenvalue weighted by molar-refractivity contribution is 0.217. The van der Waals surface area contributed by atoms with Gasteiger partial charge in [-0.3, -0.25) is 0 Å². The number of benzene rings is 2. The largest absolute Gasteiger partial charge is 0.493 e. The number of fused-ring (bicyclic) bond motifs is 1. The second-order valence-corrected chi connectivity index (χ2v) is 5.36. The van der Waals surface area contributed by atoms with Crippen molar-refractivity contribution in [2.75, 3.05) is 20.3 Å². The molecule has 2 aromatic rings. The Hall–Kier alpha value is -2.00. The van der Waals surface area contributed by atoms with Crippen molar-refractivity contribution >= 4 is 0 Å². The quantitative estimate of drug-likeness (QED) is 0.913. The molecule has 0 radical (unpaired) electrons. The van der Waals surface area contributed by atoms with Gasteiger partial charge in [-0.25, -0.2) is 0 Å². The Morgan fingerprint density at radius 2 is 1.95 bits per heavy atom. The van der Waals surface area contributed by atoms with E-state index in [1.165, 1.54) is 11.1 Å². The number of nitrogens with one attached hydrogen (secondary N) is 1. The van der Waals surface area contributed by atoms with Crippen LogP contribution >= 0.6 is 0 Å². The molecule has 1 heterocycles. The molecule has 0 aliphatic carbocycles. The number of rotatable bonds is 5. The van der Waals surface area contributed by atoms with E-state index in [-0.39, 0.29) is 0 Å². The van der Waals surface area contributed by atoms with Gasteiger partial charge in [-0.05, 0) is 37.2 Å². The van der Waals surface area contributed by atoms with Crippen LogP contribution in [0.2, 0.25) is 0 Å². The summed E-state index contributed by atoms with van der Waals surface area (Å²) >= 11 is 0. The fraction of sp³-hybridized carbons (Fsp3) is 0.333. The molecule has 0 spiro atoms. The highest BCUT2D eigenvalue weighted by atomic mass is 16.5. The number of hydrogen-bond donors (Lipinski definition) is 1. The zero-order valence-electron chi connectivity index (χ0n) is 12.3. The second-order valence-electron chi connectivity index (χ2n) is 5.36. The van der Waals surface area contributed by atoms with Crippen LogP contribution in [-0.2, 0) is 6.54 Å². The lowest BCUT2D eigenvalue weighted by Crippen LogP contribution is -2.19. The Bertz CT molecular complexity index is 580. The first-order valence-electron chi connectivity index (χ1n) is 7.45. The topological polar surface area (TPSA) is 30.5 Å². The van der Waals surface area contributed by atoms with Crippen molar-refractivity contribution in [3.8, 4) is 11.5 Å². The Labute approximate surface area is 125 Å². The molecule has 1 atom stereocenters. The van der Waals surface area contributed by atoms with Crippen molar-refractivity contribution in [2.24, 2.45) is 0 Å². The van der Waals surface area contributed by atoms with Crippen LogP contribution < -0.4 is 14.8 Å². The summed E-state index contributed by atoms with van der Waals surface area (Å²) in [6.45, 7) is 2.35. The Kier molecular flexibility index (Phi) is 4.41. The molecular weight excluding hydrogens is 262 g/mol. The predicted octanol–water partition coefficient (Wildman–Crippen LogP) is 3.35. The maximum absolute atomic E-state index is 5.96. The molecule has 3 nitrogen and oxygen atoms in total. The molecular formula is C18H21NO2. The molecule has 0 aromatic heterocycles. The molecule has 110 valence electrons. The monoisotopic (exact) mass is 283 g/mol. The smallest absolute Gasteiger partial charge is 0.122 e.